The standard InChI is InChI=1S/C8H7BN2O4/c1-15-8(12)4-2-3-5(9)6(10)7(4)11(13)14/h2-3H,10H2,1H3. The van der Waals surface area contributed by atoms with E-state index in [1.807, 2.05) is 0 Å². The number of methoxy groups -OCH3 is 1. The summed E-state index contributed by atoms with van der Waals surface area (Å²) in [6, 6.07) is 2.52. The highest BCUT2D eigenvalue weighted by molar-refractivity contribution is 6.36. The normalized spacial score (nSPS) is 9.67. The molecular weight excluding hydrogens is 199 g/mol. The third-order valence-corrected chi connectivity index (χ3v) is 1.84. The lowest BCUT2D eigenvalue weighted by molar-refractivity contribution is -0.384. The first-order chi connectivity index (χ1) is 6.99. The number of nitrogens with zero attached hydrogens (tertiary/aromatic N) is 1. The number of nitro groups is 1. The van der Waals surface area contributed by atoms with Gasteiger partial charge in [-0.1, -0.05) is 11.5 Å². The first-order valence-corrected chi connectivity index (χ1v) is 3.89. The maximum absolute atomic E-state index is 11.2. The molecule has 2 radical (unpaired) electrons. The second-order valence-corrected chi connectivity index (χ2v) is 2.71. The zero-order valence-corrected chi connectivity index (χ0v) is 7.89. The summed E-state index contributed by atoms with van der Waals surface area (Å²) in [5.41, 5.74) is 4.48. The van der Waals surface area contributed by atoms with Crippen LogP contribution in [0.5, 0.6) is 0 Å². The highest BCUT2D eigenvalue weighted by Gasteiger charge is 2.24. The predicted octanol–water partition coefficient (Wildman–Crippen LogP) is -0.243. The molecule has 76 valence electrons. The number of ether oxygens (including phenoxy) is 1. The van der Waals surface area contributed by atoms with Gasteiger partial charge in [-0.05, 0) is 6.07 Å². The summed E-state index contributed by atoms with van der Waals surface area (Å²) < 4.78 is 4.38. The summed E-state index contributed by atoms with van der Waals surface area (Å²) in [5.74, 6) is -0.826. The van der Waals surface area contributed by atoms with Crippen molar-refractivity contribution in [2.75, 3.05) is 12.8 Å². The van der Waals surface area contributed by atoms with Crippen molar-refractivity contribution in [2.24, 2.45) is 0 Å². The second kappa shape index (κ2) is 3.99. The van der Waals surface area contributed by atoms with E-state index in [2.05, 4.69) is 4.74 Å². The summed E-state index contributed by atoms with van der Waals surface area (Å²) in [7, 11) is 6.51. The van der Waals surface area contributed by atoms with Crippen LogP contribution in [-0.2, 0) is 4.74 Å². The molecule has 0 heterocycles. The summed E-state index contributed by atoms with van der Waals surface area (Å²) in [4.78, 5) is 21.1. The van der Waals surface area contributed by atoms with Gasteiger partial charge in [0.15, 0.2) is 0 Å². The van der Waals surface area contributed by atoms with Crippen molar-refractivity contribution in [3.63, 3.8) is 0 Å². The van der Waals surface area contributed by atoms with Crippen LogP contribution in [0, 0.1) is 10.1 Å². The SMILES string of the molecule is [B]c1ccc(C(=O)OC)c([N+](=O)[O-])c1N. The second-order valence-electron chi connectivity index (χ2n) is 2.71. The van der Waals surface area contributed by atoms with E-state index in [1.54, 1.807) is 0 Å². The van der Waals surface area contributed by atoms with Crippen LogP contribution in [0.2, 0.25) is 0 Å². The number of anilines is 1. The summed E-state index contributed by atoms with van der Waals surface area (Å²) in [6.45, 7) is 0. The molecule has 2 N–H and O–H groups in total. The van der Waals surface area contributed by atoms with Gasteiger partial charge in [0, 0.05) is 0 Å². The molecule has 0 aliphatic rings. The van der Waals surface area contributed by atoms with Gasteiger partial charge in [0.25, 0.3) is 0 Å². The van der Waals surface area contributed by atoms with Crippen molar-refractivity contribution in [3.8, 4) is 0 Å². The molecule has 1 aromatic carbocycles. The molecule has 1 rings (SSSR count). The lowest BCUT2D eigenvalue weighted by Crippen LogP contribution is -2.16. The predicted molar refractivity (Wildman–Crippen MR) is 54.2 cm³/mol. The maximum Gasteiger partial charge on any atom is 0.344 e. The summed E-state index contributed by atoms with van der Waals surface area (Å²) in [6.07, 6.45) is 0. The average molecular weight is 206 g/mol. The van der Waals surface area contributed by atoms with Crippen LogP contribution in [0.15, 0.2) is 12.1 Å². The molecule has 0 saturated heterocycles. The largest absolute Gasteiger partial charge is 0.465 e. The molecular formula is C8H7BN2O4. The Balaban J connectivity index is 3.46. The number of nitrogen functional groups attached to an aromatic ring is 1. The highest BCUT2D eigenvalue weighted by Crippen LogP contribution is 2.24. The Bertz CT molecular complexity index is 433. The third-order valence-electron chi connectivity index (χ3n) is 1.84. The van der Waals surface area contributed by atoms with E-state index in [4.69, 9.17) is 13.6 Å². The van der Waals surface area contributed by atoms with Crippen LogP contribution in [0.1, 0.15) is 10.4 Å². The molecule has 0 spiro atoms. The number of hydrogen-bond donors (Lipinski definition) is 1. The van der Waals surface area contributed by atoms with Gasteiger partial charge in [-0.2, -0.15) is 0 Å². The molecule has 1 aromatic rings. The summed E-state index contributed by atoms with van der Waals surface area (Å²) in [5, 5.41) is 10.7. The fourth-order valence-electron chi connectivity index (χ4n) is 1.09. The van der Waals surface area contributed by atoms with Crippen molar-refractivity contribution in [3.05, 3.63) is 27.8 Å². The van der Waals surface area contributed by atoms with E-state index >= 15 is 0 Å². The van der Waals surface area contributed by atoms with E-state index < -0.39 is 16.6 Å². The monoisotopic (exact) mass is 206 g/mol. The van der Waals surface area contributed by atoms with Gasteiger partial charge in [0.2, 0.25) is 0 Å². The molecule has 0 amide bonds. The lowest BCUT2D eigenvalue weighted by Gasteiger charge is -2.05. The Morgan fingerprint density at radius 1 is 1.60 bits per heavy atom. The molecule has 0 bridgehead atoms. The topological polar surface area (TPSA) is 95.5 Å². The minimum Gasteiger partial charge on any atom is -0.465 e. The van der Waals surface area contributed by atoms with E-state index in [0.717, 1.165) is 7.11 Å². The fourth-order valence-corrected chi connectivity index (χ4v) is 1.09. The van der Waals surface area contributed by atoms with Gasteiger partial charge in [-0.15, -0.1) is 0 Å². The molecule has 0 atom stereocenters. The van der Waals surface area contributed by atoms with Crippen molar-refractivity contribution in [2.45, 2.75) is 0 Å². The van der Waals surface area contributed by atoms with Gasteiger partial charge in [-0.3, -0.25) is 10.1 Å². The number of carbonyl (C=O) groups is 1. The number of hydrogen-bond acceptors (Lipinski definition) is 5. The number of nitro benzene ring substituents is 1. The lowest BCUT2D eigenvalue weighted by atomic mass is 9.91. The first kappa shape index (κ1) is 11.0. The Hall–Kier alpha value is -2.05. The molecule has 6 nitrogen and oxygen atoms in total. The van der Waals surface area contributed by atoms with Gasteiger partial charge in [0.1, 0.15) is 19.1 Å². The zero-order chi connectivity index (χ0) is 11.6. The van der Waals surface area contributed by atoms with Crippen molar-refractivity contribution < 1.29 is 14.5 Å². The molecule has 0 fully saturated rings. The van der Waals surface area contributed by atoms with Crippen molar-refractivity contribution in [1.29, 1.82) is 0 Å². The molecule has 7 heteroatoms. The first-order valence-electron chi connectivity index (χ1n) is 3.89. The smallest absolute Gasteiger partial charge is 0.344 e. The molecule has 15 heavy (non-hydrogen) atoms. The van der Waals surface area contributed by atoms with E-state index in [-0.39, 0.29) is 16.7 Å². The molecule has 0 aromatic heterocycles. The van der Waals surface area contributed by atoms with Crippen LogP contribution in [0.25, 0.3) is 0 Å². The van der Waals surface area contributed by atoms with Crippen LogP contribution >= 0.6 is 0 Å². The minimum atomic E-state index is -0.826. The van der Waals surface area contributed by atoms with Gasteiger partial charge >= 0.3 is 11.7 Å². The maximum atomic E-state index is 11.2. The number of nitrogens with two attached hydrogens (primary N) is 1. The Morgan fingerprint density at radius 2 is 2.20 bits per heavy atom. The van der Waals surface area contributed by atoms with Gasteiger partial charge < -0.3 is 10.5 Å². The third kappa shape index (κ3) is 1.90. The zero-order valence-electron chi connectivity index (χ0n) is 7.89. The highest BCUT2D eigenvalue weighted by atomic mass is 16.6. The Kier molecular flexibility index (Phi) is 2.94. The minimum absolute atomic E-state index is 0.0503. The molecule has 0 unspecified atom stereocenters. The Labute approximate surface area is 86.6 Å². The van der Waals surface area contributed by atoms with Crippen LogP contribution in [0.3, 0.4) is 0 Å². The van der Waals surface area contributed by atoms with Crippen LogP contribution < -0.4 is 11.2 Å². The molecule has 0 aliphatic carbocycles. The molecule has 0 saturated carbocycles. The van der Waals surface area contributed by atoms with Gasteiger partial charge in [-0.25, -0.2) is 4.79 Å². The molecule has 0 aliphatic heterocycles. The number of rotatable bonds is 2. The van der Waals surface area contributed by atoms with E-state index in [9.17, 15) is 14.9 Å². The number of benzene rings is 1. The number of carbonyl (C=O) groups excluding carboxylic acids is 1. The van der Waals surface area contributed by atoms with E-state index in [0.29, 0.717) is 0 Å². The summed E-state index contributed by atoms with van der Waals surface area (Å²) >= 11 is 0. The van der Waals surface area contributed by atoms with Crippen molar-refractivity contribution in [1.82, 2.24) is 0 Å². The van der Waals surface area contributed by atoms with Crippen molar-refractivity contribution >= 4 is 30.7 Å². The number of esters is 1. The Morgan fingerprint density at radius 3 is 2.67 bits per heavy atom. The van der Waals surface area contributed by atoms with Crippen LogP contribution in [0.4, 0.5) is 11.4 Å². The fraction of sp³-hybridized carbons (Fsp3) is 0.125. The quantitative estimate of drug-likeness (QED) is 0.237. The van der Waals surface area contributed by atoms with E-state index in [1.165, 1.54) is 12.1 Å². The van der Waals surface area contributed by atoms with Gasteiger partial charge in [0.05, 0.1) is 12.0 Å². The van der Waals surface area contributed by atoms with Crippen LogP contribution in [-0.4, -0.2) is 25.8 Å². The average Bonchev–Trinajstić information content (AvgIpc) is 2.20.